The second-order valence-electron chi connectivity index (χ2n) is 5.08. The molecule has 0 fully saturated rings. The van der Waals surface area contributed by atoms with Crippen LogP contribution in [0, 0.1) is 0 Å². The Morgan fingerprint density at radius 1 is 1.09 bits per heavy atom. The topological polar surface area (TPSA) is 41.4 Å². The van der Waals surface area contributed by atoms with Crippen LogP contribution >= 0.6 is 35.6 Å². The van der Waals surface area contributed by atoms with Crippen LogP contribution in [0.2, 0.25) is 5.02 Å². The van der Waals surface area contributed by atoms with Gasteiger partial charge in [-0.15, -0.1) is 24.0 Å². The molecule has 1 aromatic carbocycles. The summed E-state index contributed by atoms with van der Waals surface area (Å²) in [7, 11) is 1.80. The third kappa shape index (κ3) is 7.74. The van der Waals surface area contributed by atoms with E-state index in [-0.39, 0.29) is 24.0 Å². The minimum atomic E-state index is 0. The molecule has 0 aliphatic heterocycles. The molecule has 0 unspecified atom stereocenters. The van der Waals surface area contributed by atoms with Gasteiger partial charge in [-0.2, -0.15) is 0 Å². The summed E-state index contributed by atoms with van der Waals surface area (Å²) in [5, 5.41) is 7.44. The van der Waals surface area contributed by atoms with Gasteiger partial charge in [-0.05, 0) is 42.7 Å². The lowest BCUT2D eigenvalue weighted by molar-refractivity contribution is 0.661. The fourth-order valence-electron chi connectivity index (χ4n) is 2.19. The predicted molar refractivity (Wildman–Crippen MR) is 109 cm³/mol. The first kappa shape index (κ1) is 19.8. The van der Waals surface area contributed by atoms with Crippen LogP contribution in [0.15, 0.2) is 53.8 Å². The Kier molecular flexibility index (Phi) is 9.78. The molecule has 0 saturated carbocycles. The first-order valence-corrected chi connectivity index (χ1v) is 7.95. The van der Waals surface area contributed by atoms with Gasteiger partial charge in [0.15, 0.2) is 5.96 Å². The van der Waals surface area contributed by atoms with Crippen LogP contribution in [0.3, 0.4) is 0 Å². The van der Waals surface area contributed by atoms with Crippen molar-refractivity contribution in [3.63, 3.8) is 0 Å². The summed E-state index contributed by atoms with van der Waals surface area (Å²) in [4.78, 5) is 4.23. The maximum Gasteiger partial charge on any atom is 0.191 e. The van der Waals surface area contributed by atoms with Crippen LogP contribution in [0.1, 0.15) is 12.0 Å². The van der Waals surface area contributed by atoms with Gasteiger partial charge in [0.05, 0.1) is 0 Å². The standard InChI is InChI=1S/C17H23ClN4.HI/c1-19-17(21-11-14-22-12-2-3-13-22)20-10-4-5-15-6-8-16(18)9-7-15;/h2-3,6-9,12-13H,4-5,10-11,14H2,1H3,(H2,19,20,21);1H. The molecular weight excluding hydrogens is 423 g/mol. The predicted octanol–water partition coefficient (Wildman–Crippen LogP) is 3.56. The molecule has 126 valence electrons. The third-order valence-corrected chi connectivity index (χ3v) is 3.65. The normalized spacial score (nSPS) is 11.0. The molecular formula is C17H24ClIN4. The van der Waals surface area contributed by atoms with Crippen LogP contribution in [-0.4, -0.2) is 30.7 Å². The molecule has 0 radical (unpaired) electrons. The van der Waals surface area contributed by atoms with E-state index in [1.54, 1.807) is 7.05 Å². The number of hydrogen-bond acceptors (Lipinski definition) is 1. The van der Waals surface area contributed by atoms with E-state index in [0.717, 1.165) is 43.5 Å². The minimum absolute atomic E-state index is 0. The van der Waals surface area contributed by atoms with Crippen molar-refractivity contribution in [2.75, 3.05) is 20.1 Å². The molecule has 2 rings (SSSR count). The van der Waals surface area contributed by atoms with E-state index >= 15 is 0 Å². The van der Waals surface area contributed by atoms with E-state index in [1.807, 2.05) is 24.3 Å². The Morgan fingerprint density at radius 2 is 1.74 bits per heavy atom. The molecule has 6 heteroatoms. The highest BCUT2D eigenvalue weighted by atomic mass is 127. The zero-order chi connectivity index (χ0) is 15.6. The number of benzene rings is 1. The smallest absolute Gasteiger partial charge is 0.191 e. The van der Waals surface area contributed by atoms with Gasteiger partial charge in [0.25, 0.3) is 0 Å². The number of nitrogens with zero attached hydrogens (tertiary/aromatic N) is 2. The van der Waals surface area contributed by atoms with E-state index in [4.69, 9.17) is 11.6 Å². The highest BCUT2D eigenvalue weighted by Gasteiger charge is 1.98. The lowest BCUT2D eigenvalue weighted by Gasteiger charge is -2.12. The highest BCUT2D eigenvalue weighted by Crippen LogP contribution is 2.10. The van der Waals surface area contributed by atoms with Crippen LogP contribution in [-0.2, 0) is 13.0 Å². The molecule has 23 heavy (non-hydrogen) atoms. The molecule has 0 atom stereocenters. The second kappa shape index (κ2) is 11.3. The molecule has 2 aromatic rings. The Balaban J connectivity index is 0.00000264. The lowest BCUT2D eigenvalue weighted by atomic mass is 10.1. The van der Waals surface area contributed by atoms with Gasteiger partial charge in [0, 0.05) is 44.1 Å². The molecule has 0 saturated heterocycles. The second-order valence-corrected chi connectivity index (χ2v) is 5.51. The summed E-state index contributed by atoms with van der Waals surface area (Å²) in [6.45, 7) is 2.68. The molecule has 0 bridgehead atoms. The summed E-state index contributed by atoms with van der Waals surface area (Å²) in [5.41, 5.74) is 1.31. The van der Waals surface area contributed by atoms with Crippen LogP contribution < -0.4 is 10.6 Å². The van der Waals surface area contributed by atoms with Crippen molar-refractivity contribution in [2.24, 2.45) is 4.99 Å². The summed E-state index contributed by atoms with van der Waals surface area (Å²) < 4.78 is 2.14. The van der Waals surface area contributed by atoms with Gasteiger partial charge < -0.3 is 15.2 Å². The average molecular weight is 447 g/mol. The van der Waals surface area contributed by atoms with Crippen molar-refractivity contribution < 1.29 is 0 Å². The number of aryl methyl sites for hydroxylation is 1. The first-order chi connectivity index (χ1) is 10.8. The minimum Gasteiger partial charge on any atom is -0.356 e. The number of nitrogens with one attached hydrogen (secondary N) is 2. The number of hydrogen-bond donors (Lipinski definition) is 2. The van der Waals surface area contributed by atoms with Crippen LogP contribution in [0.4, 0.5) is 0 Å². The van der Waals surface area contributed by atoms with E-state index in [0.29, 0.717) is 0 Å². The molecule has 0 aliphatic rings. The van der Waals surface area contributed by atoms with Gasteiger partial charge in [-0.1, -0.05) is 23.7 Å². The van der Waals surface area contributed by atoms with Crippen molar-refractivity contribution in [2.45, 2.75) is 19.4 Å². The van der Waals surface area contributed by atoms with E-state index < -0.39 is 0 Å². The monoisotopic (exact) mass is 446 g/mol. The van der Waals surface area contributed by atoms with Gasteiger partial charge in [-0.25, -0.2) is 0 Å². The Morgan fingerprint density at radius 3 is 2.39 bits per heavy atom. The Bertz CT molecular complexity index is 567. The number of aliphatic imine (C=N–C) groups is 1. The molecule has 0 aliphatic carbocycles. The highest BCUT2D eigenvalue weighted by molar-refractivity contribution is 14.0. The maximum atomic E-state index is 5.88. The van der Waals surface area contributed by atoms with E-state index in [9.17, 15) is 0 Å². The third-order valence-electron chi connectivity index (χ3n) is 3.40. The molecule has 0 spiro atoms. The van der Waals surface area contributed by atoms with Gasteiger partial charge >= 0.3 is 0 Å². The zero-order valence-corrected chi connectivity index (χ0v) is 16.4. The van der Waals surface area contributed by atoms with Gasteiger partial charge in [0.1, 0.15) is 0 Å². The first-order valence-electron chi connectivity index (χ1n) is 7.57. The quantitative estimate of drug-likeness (QED) is 0.296. The largest absolute Gasteiger partial charge is 0.356 e. The molecule has 0 amide bonds. The zero-order valence-electron chi connectivity index (χ0n) is 13.3. The van der Waals surface area contributed by atoms with Crippen molar-refractivity contribution in [3.05, 3.63) is 59.4 Å². The van der Waals surface area contributed by atoms with Gasteiger partial charge in [0.2, 0.25) is 0 Å². The summed E-state index contributed by atoms with van der Waals surface area (Å²) >= 11 is 5.88. The van der Waals surface area contributed by atoms with Crippen molar-refractivity contribution >= 4 is 41.5 Å². The molecule has 1 aromatic heterocycles. The number of aromatic nitrogens is 1. The Labute approximate surface area is 160 Å². The molecule has 1 heterocycles. The molecule has 4 nitrogen and oxygen atoms in total. The average Bonchev–Trinajstić information content (AvgIpc) is 3.04. The van der Waals surface area contributed by atoms with Gasteiger partial charge in [-0.3, -0.25) is 4.99 Å². The Hall–Kier alpha value is -1.21. The number of guanidine groups is 1. The van der Waals surface area contributed by atoms with Crippen molar-refractivity contribution in [1.29, 1.82) is 0 Å². The lowest BCUT2D eigenvalue weighted by Crippen LogP contribution is -2.39. The van der Waals surface area contributed by atoms with Crippen molar-refractivity contribution in [3.8, 4) is 0 Å². The number of rotatable bonds is 7. The summed E-state index contributed by atoms with van der Waals surface area (Å²) in [6, 6.07) is 12.1. The molecule has 2 N–H and O–H groups in total. The van der Waals surface area contributed by atoms with E-state index in [2.05, 4.69) is 44.7 Å². The van der Waals surface area contributed by atoms with Crippen LogP contribution in [0.25, 0.3) is 0 Å². The summed E-state index contributed by atoms with van der Waals surface area (Å²) in [6.07, 6.45) is 6.21. The van der Waals surface area contributed by atoms with Crippen molar-refractivity contribution in [1.82, 2.24) is 15.2 Å². The SMILES string of the molecule is CN=C(NCCCc1ccc(Cl)cc1)NCCn1cccc1.I. The number of halogens is 2. The van der Waals surface area contributed by atoms with Crippen LogP contribution in [0.5, 0.6) is 0 Å². The fraction of sp³-hybridized carbons (Fsp3) is 0.353. The summed E-state index contributed by atoms with van der Waals surface area (Å²) in [5.74, 6) is 0.850. The van der Waals surface area contributed by atoms with E-state index in [1.165, 1.54) is 5.56 Å². The fourth-order valence-corrected chi connectivity index (χ4v) is 2.32. The maximum absolute atomic E-state index is 5.88.